The average molecular weight is 479 g/mol. The molecule has 2 aromatic carbocycles. The Morgan fingerprint density at radius 3 is 2.06 bits per heavy atom. The first-order chi connectivity index (χ1) is 17.0. The first-order valence-corrected chi connectivity index (χ1v) is 12.8. The lowest BCUT2D eigenvalue weighted by atomic mass is 10.1. The molecule has 0 N–H and O–H groups in total. The maximum Gasteiger partial charge on any atom is 0.253 e. The molecule has 35 heavy (non-hydrogen) atoms. The number of anilines is 1. The number of nitrogens with zero attached hydrogens (tertiary/aromatic N) is 4. The van der Waals surface area contributed by atoms with E-state index < -0.39 is 0 Å². The number of benzene rings is 2. The number of amides is 2. The van der Waals surface area contributed by atoms with Crippen molar-refractivity contribution in [2.45, 2.75) is 25.7 Å². The van der Waals surface area contributed by atoms with Crippen molar-refractivity contribution in [3.05, 3.63) is 59.7 Å². The number of carbonyl (C=O) groups is 2. The van der Waals surface area contributed by atoms with Crippen LogP contribution in [0.5, 0.6) is 5.75 Å². The van der Waals surface area contributed by atoms with Gasteiger partial charge in [0.25, 0.3) is 11.8 Å². The van der Waals surface area contributed by atoms with Crippen LogP contribution in [0.2, 0.25) is 0 Å². The number of piperidine rings is 1. The van der Waals surface area contributed by atoms with Crippen LogP contribution in [0.25, 0.3) is 0 Å². The van der Waals surface area contributed by atoms with Crippen molar-refractivity contribution in [1.82, 2.24) is 14.7 Å². The molecule has 2 aliphatic rings. The summed E-state index contributed by atoms with van der Waals surface area (Å²) < 4.78 is 5.95. The normalized spacial score (nSPS) is 16.7. The van der Waals surface area contributed by atoms with Crippen LogP contribution in [0, 0.1) is 0 Å². The van der Waals surface area contributed by atoms with Crippen LogP contribution in [-0.2, 0) is 0 Å². The number of rotatable bonds is 8. The fourth-order valence-electron chi connectivity index (χ4n) is 4.78. The van der Waals surface area contributed by atoms with Crippen molar-refractivity contribution >= 4 is 17.5 Å². The predicted octanol–water partition coefficient (Wildman–Crippen LogP) is 3.61. The SMILES string of the molecule is CN(C)C(=O)c1ccc(C(=O)N2CCN(c3ccc(OCCCN4CCCCC4)cc3)CC2)cc1. The third-order valence-electron chi connectivity index (χ3n) is 6.89. The van der Waals surface area contributed by atoms with E-state index in [1.807, 2.05) is 17.0 Å². The predicted molar refractivity (Wildman–Crippen MR) is 139 cm³/mol. The smallest absolute Gasteiger partial charge is 0.253 e. The molecule has 7 nitrogen and oxygen atoms in total. The van der Waals surface area contributed by atoms with Gasteiger partial charge in [0.2, 0.25) is 0 Å². The van der Waals surface area contributed by atoms with Gasteiger partial charge in [0.1, 0.15) is 5.75 Å². The second-order valence-corrected chi connectivity index (χ2v) is 9.65. The molecule has 7 heteroatoms. The molecule has 2 fully saturated rings. The Hall–Kier alpha value is -3.06. The van der Waals surface area contributed by atoms with Crippen molar-refractivity contribution in [1.29, 1.82) is 0 Å². The van der Waals surface area contributed by atoms with Crippen molar-refractivity contribution < 1.29 is 14.3 Å². The van der Waals surface area contributed by atoms with E-state index in [1.54, 1.807) is 38.4 Å². The van der Waals surface area contributed by atoms with Crippen LogP contribution >= 0.6 is 0 Å². The lowest BCUT2D eigenvalue weighted by molar-refractivity contribution is 0.0745. The van der Waals surface area contributed by atoms with Gasteiger partial charge >= 0.3 is 0 Å². The van der Waals surface area contributed by atoms with Gasteiger partial charge in [-0.2, -0.15) is 0 Å². The summed E-state index contributed by atoms with van der Waals surface area (Å²) in [6, 6.07) is 15.3. The quantitative estimate of drug-likeness (QED) is 0.543. The second-order valence-electron chi connectivity index (χ2n) is 9.65. The van der Waals surface area contributed by atoms with E-state index in [9.17, 15) is 9.59 Å². The van der Waals surface area contributed by atoms with Gasteiger partial charge in [0.15, 0.2) is 0 Å². The van der Waals surface area contributed by atoms with Crippen molar-refractivity contribution in [3.63, 3.8) is 0 Å². The van der Waals surface area contributed by atoms with Gasteiger partial charge in [-0.05, 0) is 80.9 Å². The maximum absolute atomic E-state index is 12.9. The molecular weight excluding hydrogens is 440 g/mol. The Bertz CT molecular complexity index is 961. The summed E-state index contributed by atoms with van der Waals surface area (Å²) in [6.07, 6.45) is 5.10. The molecule has 0 aromatic heterocycles. The largest absolute Gasteiger partial charge is 0.494 e. The lowest BCUT2D eigenvalue weighted by Crippen LogP contribution is -2.48. The van der Waals surface area contributed by atoms with E-state index in [2.05, 4.69) is 21.9 Å². The minimum Gasteiger partial charge on any atom is -0.494 e. The van der Waals surface area contributed by atoms with Crippen LogP contribution in [0.1, 0.15) is 46.4 Å². The Balaban J connectivity index is 1.21. The molecule has 0 atom stereocenters. The number of likely N-dealkylation sites (tertiary alicyclic amines) is 1. The van der Waals surface area contributed by atoms with E-state index in [0.717, 1.165) is 44.1 Å². The molecular formula is C28H38N4O3. The van der Waals surface area contributed by atoms with Gasteiger partial charge in [0, 0.05) is 63.6 Å². The monoisotopic (exact) mass is 478 g/mol. The number of carbonyl (C=O) groups excluding carboxylic acids is 2. The summed E-state index contributed by atoms with van der Waals surface area (Å²) in [7, 11) is 3.44. The summed E-state index contributed by atoms with van der Waals surface area (Å²) in [4.78, 5) is 33.3. The first-order valence-electron chi connectivity index (χ1n) is 12.8. The molecule has 0 spiro atoms. The Labute approximate surface area is 209 Å². The second kappa shape index (κ2) is 12.1. The molecule has 0 aliphatic carbocycles. The van der Waals surface area contributed by atoms with Gasteiger partial charge in [-0.1, -0.05) is 6.42 Å². The summed E-state index contributed by atoms with van der Waals surface area (Å²) in [5.74, 6) is 0.866. The lowest BCUT2D eigenvalue weighted by Gasteiger charge is -2.36. The van der Waals surface area contributed by atoms with E-state index in [-0.39, 0.29) is 11.8 Å². The van der Waals surface area contributed by atoms with Crippen molar-refractivity contribution in [2.75, 3.05) is 71.4 Å². The van der Waals surface area contributed by atoms with Crippen LogP contribution in [0.3, 0.4) is 0 Å². The third kappa shape index (κ3) is 6.75. The number of ether oxygens (including phenoxy) is 1. The molecule has 2 aromatic rings. The molecule has 0 bridgehead atoms. The average Bonchev–Trinajstić information content (AvgIpc) is 2.91. The highest BCUT2D eigenvalue weighted by Crippen LogP contribution is 2.22. The highest BCUT2D eigenvalue weighted by molar-refractivity contribution is 5.97. The zero-order valence-corrected chi connectivity index (χ0v) is 21.1. The van der Waals surface area contributed by atoms with E-state index in [1.165, 1.54) is 37.3 Å². The summed E-state index contributed by atoms with van der Waals surface area (Å²) in [5, 5.41) is 0. The van der Waals surface area contributed by atoms with E-state index in [4.69, 9.17) is 4.74 Å². The zero-order chi connectivity index (χ0) is 24.6. The van der Waals surface area contributed by atoms with Gasteiger partial charge in [0.05, 0.1) is 6.61 Å². The molecule has 2 aliphatic heterocycles. The molecule has 4 rings (SSSR count). The maximum atomic E-state index is 12.9. The number of hydrogen-bond donors (Lipinski definition) is 0. The zero-order valence-electron chi connectivity index (χ0n) is 21.1. The van der Waals surface area contributed by atoms with Crippen LogP contribution in [0.15, 0.2) is 48.5 Å². The van der Waals surface area contributed by atoms with Gasteiger partial charge in [-0.15, -0.1) is 0 Å². The Morgan fingerprint density at radius 1 is 0.800 bits per heavy atom. The van der Waals surface area contributed by atoms with E-state index >= 15 is 0 Å². The minimum atomic E-state index is -0.0634. The summed E-state index contributed by atoms with van der Waals surface area (Å²) >= 11 is 0. The molecule has 2 saturated heterocycles. The van der Waals surface area contributed by atoms with Gasteiger partial charge in [-0.25, -0.2) is 0 Å². The van der Waals surface area contributed by atoms with Crippen LogP contribution in [-0.4, -0.2) is 93.0 Å². The third-order valence-corrected chi connectivity index (χ3v) is 6.89. The topological polar surface area (TPSA) is 56.3 Å². The fourth-order valence-corrected chi connectivity index (χ4v) is 4.78. The van der Waals surface area contributed by atoms with Crippen LogP contribution < -0.4 is 9.64 Å². The van der Waals surface area contributed by atoms with Crippen molar-refractivity contribution in [3.8, 4) is 5.75 Å². The summed E-state index contributed by atoms with van der Waals surface area (Å²) in [6.45, 7) is 7.27. The molecule has 2 amide bonds. The molecule has 2 heterocycles. The molecule has 0 radical (unpaired) electrons. The molecule has 0 saturated carbocycles. The Kier molecular flexibility index (Phi) is 8.64. The Morgan fingerprint density at radius 2 is 1.43 bits per heavy atom. The van der Waals surface area contributed by atoms with Gasteiger partial charge < -0.3 is 24.3 Å². The van der Waals surface area contributed by atoms with Crippen molar-refractivity contribution in [2.24, 2.45) is 0 Å². The minimum absolute atomic E-state index is 0.0156. The van der Waals surface area contributed by atoms with Crippen LogP contribution in [0.4, 0.5) is 5.69 Å². The van der Waals surface area contributed by atoms with Gasteiger partial charge in [-0.3, -0.25) is 9.59 Å². The number of hydrogen-bond acceptors (Lipinski definition) is 5. The fraction of sp³-hybridized carbons (Fsp3) is 0.500. The standard InChI is InChI=1S/C28H38N4O3/c1-29(2)27(33)23-7-9-24(10-8-23)28(34)32-20-18-31(19-21-32)25-11-13-26(14-12-25)35-22-6-17-30-15-4-3-5-16-30/h7-14H,3-6,15-22H2,1-2H3. The highest BCUT2D eigenvalue weighted by atomic mass is 16.5. The molecule has 0 unspecified atom stereocenters. The molecule has 188 valence electrons. The highest BCUT2D eigenvalue weighted by Gasteiger charge is 2.22. The summed E-state index contributed by atoms with van der Waals surface area (Å²) in [5.41, 5.74) is 2.37. The number of piperazine rings is 1. The first kappa shape index (κ1) is 25.0. The van der Waals surface area contributed by atoms with E-state index in [0.29, 0.717) is 24.2 Å².